The predicted octanol–water partition coefficient (Wildman–Crippen LogP) is 3.80. The minimum Gasteiger partial charge on any atom is -0.388 e. The molecule has 0 aliphatic heterocycles. The van der Waals surface area contributed by atoms with E-state index in [1.165, 1.54) is 0 Å². The molecule has 2 aromatic carbocycles. The van der Waals surface area contributed by atoms with E-state index in [4.69, 9.17) is 0 Å². The highest BCUT2D eigenvalue weighted by Crippen LogP contribution is 2.21. The van der Waals surface area contributed by atoms with E-state index < -0.39 is 12.2 Å². The molecule has 0 amide bonds. The highest BCUT2D eigenvalue weighted by Gasteiger charge is 2.14. The lowest BCUT2D eigenvalue weighted by atomic mass is 9.96. The Kier molecular flexibility index (Phi) is 5.47. The topological polar surface area (TPSA) is 57.5 Å². The van der Waals surface area contributed by atoms with Gasteiger partial charge in [-0.15, -0.1) is 0 Å². The molecule has 3 nitrogen and oxygen atoms in total. The Morgan fingerprint density at radius 3 is 1.64 bits per heavy atom. The van der Waals surface area contributed by atoms with Crippen LogP contribution < -0.4 is 0 Å². The average molecular weight is 298 g/mol. The zero-order valence-electron chi connectivity index (χ0n) is 13.0. The zero-order chi connectivity index (χ0) is 16.1. The SMILES string of the molecule is CCC(O)c1cccc(C(=O)c2cccc(C(O)CC)c2)c1. The summed E-state index contributed by atoms with van der Waals surface area (Å²) in [5, 5.41) is 19.8. The maximum atomic E-state index is 12.6. The molecule has 0 bridgehead atoms. The Morgan fingerprint density at radius 1 is 0.864 bits per heavy atom. The van der Waals surface area contributed by atoms with Crippen LogP contribution in [0.15, 0.2) is 48.5 Å². The van der Waals surface area contributed by atoms with Gasteiger partial charge in [-0.05, 0) is 36.1 Å². The van der Waals surface area contributed by atoms with Crippen molar-refractivity contribution in [3.8, 4) is 0 Å². The fourth-order valence-corrected chi connectivity index (χ4v) is 2.41. The third-order valence-electron chi connectivity index (χ3n) is 3.84. The summed E-state index contributed by atoms with van der Waals surface area (Å²) >= 11 is 0. The first-order chi connectivity index (χ1) is 10.6. The number of carbonyl (C=O) groups excluding carboxylic acids is 1. The van der Waals surface area contributed by atoms with Gasteiger partial charge in [0.2, 0.25) is 0 Å². The van der Waals surface area contributed by atoms with Gasteiger partial charge in [0, 0.05) is 11.1 Å². The fourth-order valence-electron chi connectivity index (χ4n) is 2.41. The van der Waals surface area contributed by atoms with Crippen molar-refractivity contribution in [3.05, 3.63) is 70.8 Å². The van der Waals surface area contributed by atoms with E-state index in [0.29, 0.717) is 24.0 Å². The Labute approximate surface area is 131 Å². The molecule has 116 valence electrons. The van der Waals surface area contributed by atoms with Crippen LogP contribution in [-0.2, 0) is 0 Å². The van der Waals surface area contributed by atoms with Gasteiger partial charge in [-0.3, -0.25) is 4.79 Å². The number of carbonyl (C=O) groups is 1. The van der Waals surface area contributed by atoms with Crippen molar-refractivity contribution in [3.63, 3.8) is 0 Å². The van der Waals surface area contributed by atoms with Gasteiger partial charge in [0.25, 0.3) is 0 Å². The van der Waals surface area contributed by atoms with Crippen LogP contribution in [0.1, 0.15) is 65.9 Å². The first-order valence-electron chi connectivity index (χ1n) is 7.67. The fraction of sp³-hybridized carbons (Fsp3) is 0.316. The molecule has 0 spiro atoms. The summed E-state index contributed by atoms with van der Waals surface area (Å²) in [7, 11) is 0. The standard InChI is InChI=1S/C19H22O3/c1-3-17(20)13-7-5-9-15(11-13)19(22)16-10-6-8-14(12-16)18(21)4-2/h5-12,17-18,20-21H,3-4H2,1-2H3. The van der Waals surface area contributed by atoms with Crippen LogP contribution in [-0.4, -0.2) is 16.0 Å². The maximum Gasteiger partial charge on any atom is 0.193 e. The minimum absolute atomic E-state index is 0.102. The van der Waals surface area contributed by atoms with Crippen molar-refractivity contribution < 1.29 is 15.0 Å². The number of hydrogen-bond donors (Lipinski definition) is 2. The molecule has 2 N–H and O–H groups in total. The van der Waals surface area contributed by atoms with E-state index in [2.05, 4.69) is 0 Å². The lowest BCUT2D eigenvalue weighted by molar-refractivity contribution is 0.103. The molecule has 2 rings (SSSR count). The summed E-state index contributed by atoms with van der Waals surface area (Å²) in [5.74, 6) is -0.102. The quantitative estimate of drug-likeness (QED) is 0.797. The molecule has 0 fully saturated rings. The third-order valence-corrected chi connectivity index (χ3v) is 3.84. The Bertz CT molecular complexity index is 593. The van der Waals surface area contributed by atoms with Gasteiger partial charge in [0.1, 0.15) is 0 Å². The van der Waals surface area contributed by atoms with Crippen LogP contribution in [0.3, 0.4) is 0 Å². The van der Waals surface area contributed by atoms with Crippen molar-refractivity contribution in [1.29, 1.82) is 0 Å². The second-order valence-electron chi connectivity index (χ2n) is 5.43. The molecule has 2 unspecified atom stereocenters. The highest BCUT2D eigenvalue weighted by molar-refractivity contribution is 6.09. The van der Waals surface area contributed by atoms with Crippen LogP contribution in [0.2, 0.25) is 0 Å². The first-order valence-corrected chi connectivity index (χ1v) is 7.67. The van der Waals surface area contributed by atoms with Crippen molar-refractivity contribution >= 4 is 5.78 Å². The summed E-state index contributed by atoms with van der Waals surface area (Å²) in [6.45, 7) is 3.80. The summed E-state index contributed by atoms with van der Waals surface area (Å²) in [6, 6.07) is 14.2. The summed E-state index contributed by atoms with van der Waals surface area (Å²) < 4.78 is 0. The Hall–Kier alpha value is -1.97. The Balaban J connectivity index is 2.32. The summed E-state index contributed by atoms with van der Waals surface area (Å²) in [5.41, 5.74) is 2.59. The normalized spacial score (nSPS) is 13.6. The molecular weight excluding hydrogens is 276 g/mol. The van der Waals surface area contributed by atoms with Crippen molar-refractivity contribution in [2.24, 2.45) is 0 Å². The molecule has 0 aliphatic carbocycles. The van der Waals surface area contributed by atoms with Crippen molar-refractivity contribution in [2.45, 2.75) is 38.9 Å². The van der Waals surface area contributed by atoms with E-state index in [-0.39, 0.29) is 5.78 Å². The van der Waals surface area contributed by atoms with Crippen molar-refractivity contribution in [1.82, 2.24) is 0 Å². The van der Waals surface area contributed by atoms with Gasteiger partial charge in [-0.25, -0.2) is 0 Å². The number of aliphatic hydroxyl groups excluding tert-OH is 2. The lowest BCUT2D eigenvalue weighted by Gasteiger charge is -2.11. The van der Waals surface area contributed by atoms with Crippen LogP contribution >= 0.6 is 0 Å². The van der Waals surface area contributed by atoms with Gasteiger partial charge < -0.3 is 10.2 Å². The van der Waals surface area contributed by atoms with Gasteiger partial charge >= 0.3 is 0 Å². The van der Waals surface area contributed by atoms with Crippen LogP contribution in [0.4, 0.5) is 0 Å². The summed E-state index contributed by atoms with van der Waals surface area (Å²) in [6.07, 6.45) is 0.105. The second-order valence-corrected chi connectivity index (χ2v) is 5.43. The number of benzene rings is 2. The zero-order valence-corrected chi connectivity index (χ0v) is 13.0. The van der Waals surface area contributed by atoms with Gasteiger partial charge in [0.15, 0.2) is 5.78 Å². The van der Waals surface area contributed by atoms with Crippen LogP contribution in [0, 0.1) is 0 Å². The minimum atomic E-state index is -0.555. The first kappa shape index (κ1) is 16.4. The molecule has 2 aromatic rings. The van der Waals surface area contributed by atoms with Gasteiger partial charge in [-0.2, -0.15) is 0 Å². The van der Waals surface area contributed by atoms with E-state index >= 15 is 0 Å². The molecular formula is C19H22O3. The van der Waals surface area contributed by atoms with E-state index in [1.807, 2.05) is 26.0 Å². The Morgan fingerprint density at radius 2 is 1.27 bits per heavy atom. The molecule has 3 heteroatoms. The smallest absolute Gasteiger partial charge is 0.193 e. The lowest BCUT2D eigenvalue weighted by Crippen LogP contribution is -2.05. The maximum absolute atomic E-state index is 12.6. The van der Waals surface area contributed by atoms with Crippen LogP contribution in [0.5, 0.6) is 0 Å². The average Bonchev–Trinajstić information content (AvgIpc) is 2.59. The molecule has 0 aromatic heterocycles. The number of hydrogen-bond acceptors (Lipinski definition) is 3. The number of ketones is 1. The molecule has 0 saturated carbocycles. The van der Waals surface area contributed by atoms with Gasteiger partial charge in [-0.1, -0.05) is 50.2 Å². The van der Waals surface area contributed by atoms with E-state index in [0.717, 1.165) is 11.1 Å². The predicted molar refractivity (Wildman–Crippen MR) is 86.8 cm³/mol. The van der Waals surface area contributed by atoms with Crippen LogP contribution in [0.25, 0.3) is 0 Å². The van der Waals surface area contributed by atoms with Gasteiger partial charge in [0.05, 0.1) is 12.2 Å². The third kappa shape index (κ3) is 3.62. The van der Waals surface area contributed by atoms with E-state index in [9.17, 15) is 15.0 Å². The largest absolute Gasteiger partial charge is 0.388 e. The summed E-state index contributed by atoms with van der Waals surface area (Å²) in [4.78, 5) is 12.6. The highest BCUT2D eigenvalue weighted by atomic mass is 16.3. The molecule has 0 aliphatic rings. The van der Waals surface area contributed by atoms with Crippen molar-refractivity contribution in [2.75, 3.05) is 0 Å². The number of aliphatic hydroxyl groups is 2. The molecule has 2 atom stereocenters. The molecule has 0 radical (unpaired) electrons. The number of rotatable bonds is 6. The monoisotopic (exact) mass is 298 g/mol. The molecule has 22 heavy (non-hydrogen) atoms. The molecule has 0 heterocycles. The molecule has 0 saturated heterocycles. The van der Waals surface area contributed by atoms with E-state index in [1.54, 1.807) is 36.4 Å². The second kappa shape index (κ2) is 7.34.